The highest BCUT2D eigenvalue weighted by atomic mass is 32.2. The van der Waals surface area contributed by atoms with Gasteiger partial charge in [0, 0.05) is 50.7 Å². The van der Waals surface area contributed by atoms with E-state index in [9.17, 15) is 4.79 Å². The van der Waals surface area contributed by atoms with Crippen LogP contribution in [0.1, 0.15) is 32.6 Å². The van der Waals surface area contributed by atoms with Crippen LogP contribution in [0.5, 0.6) is 0 Å². The maximum absolute atomic E-state index is 11.2. The van der Waals surface area contributed by atoms with Crippen LogP contribution in [0.4, 0.5) is 11.6 Å². The molecule has 0 bridgehead atoms. The molecule has 1 atom stereocenters. The minimum atomic E-state index is 0.0127. The lowest BCUT2D eigenvalue weighted by molar-refractivity contribution is -0.118. The van der Waals surface area contributed by atoms with Crippen LogP contribution in [-0.4, -0.2) is 69.9 Å². The van der Waals surface area contributed by atoms with Gasteiger partial charge in [0.15, 0.2) is 11.6 Å². The summed E-state index contributed by atoms with van der Waals surface area (Å²) in [5.41, 5.74) is 0.908. The number of hydrogen-bond acceptors (Lipinski definition) is 9. The number of nitrogens with zero attached hydrogens (tertiary/aromatic N) is 6. The number of nitrogens with one attached hydrogen (secondary N) is 1. The van der Waals surface area contributed by atoms with Crippen molar-refractivity contribution in [1.29, 1.82) is 0 Å². The average Bonchev–Trinajstić information content (AvgIpc) is 3.15. The number of thioether (sulfide) groups is 1. The second-order valence-electron chi connectivity index (χ2n) is 7.00. The van der Waals surface area contributed by atoms with Crippen LogP contribution in [-0.2, 0) is 4.79 Å². The smallest absolute Gasteiger partial charge is 0.245 e. The molecule has 4 heterocycles. The molecule has 27 heavy (non-hydrogen) atoms. The SMILES string of the molecule is CC(=O)NCCC1CCCCN1c1nc2nonc2nc1N1CCSCC1. The van der Waals surface area contributed by atoms with Gasteiger partial charge in [0.05, 0.1) is 0 Å². The van der Waals surface area contributed by atoms with Crippen LogP contribution in [0.25, 0.3) is 11.3 Å². The number of anilines is 2. The van der Waals surface area contributed by atoms with E-state index in [0.29, 0.717) is 23.9 Å². The van der Waals surface area contributed by atoms with Crippen molar-refractivity contribution in [3.63, 3.8) is 0 Å². The fourth-order valence-electron chi connectivity index (χ4n) is 3.80. The van der Waals surface area contributed by atoms with Gasteiger partial charge < -0.3 is 15.1 Å². The third-order valence-corrected chi connectivity index (χ3v) is 6.08. The Morgan fingerprint density at radius 2 is 1.89 bits per heavy atom. The van der Waals surface area contributed by atoms with Gasteiger partial charge in [-0.25, -0.2) is 14.6 Å². The van der Waals surface area contributed by atoms with Gasteiger partial charge in [-0.15, -0.1) is 0 Å². The minimum absolute atomic E-state index is 0.0127. The summed E-state index contributed by atoms with van der Waals surface area (Å²) in [6.07, 6.45) is 4.30. The van der Waals surface area contributed by atoms with Crippen molar-refractivity contribution in [3.05, 3.63) is 0 Å². The number of piperidine rings is 1. The number of carbonyl (C=O) groups excluding carboxylic acids is 1. The molecular formula is C17H25N7O2S. The van der Waals surface area contributed by atoms with Gasteiger partial charge in [-0.2, -0.15) is 11.8 Å². The zero-order valence-electron chi connectivity index (χ0n) is 15.6. The standard InChI is InChI=1S/C17H25N7O2S/c1-12(25)18-6-5-13-4-2-3-7-24(13)17-16(23-8-10-27-11-9-23)19-14-15(20-17)22-26-21-14/h13H,2-11H2,1H3,(H,18,25). The quantitative estimate of drug-likeness (QED) is 0.811. The molecule has 0 aromatic carbocycles. The third-order valence-electron chi connectivity index (χ3n) is 5.14. The van der Waals surface area contributed by atoms with Crippen molar-refractivity contribution in [2.75, 3.05) is 47.5 Å². The van der Waals surface area contributed by atoms with Crippen molar-refractivity contribution in [2.24, 2.45) is 0 Å². The Kier molecular flexibility index (Phi) is 5.61. The van der Waals surface area contributed by atoms with E-state index in [2.05, 4.69) is 25.4 Å². The van der Waals surface area contributed by atoms with Gasteiger partial charge in [-0.3, -0.25) is 4.79 Å². The van der Waals surface area contributed by atoms with Crippen LogP contribution in [0.3, 0.4) is 0 Å². The predicted octanol–water partition coefficient (Wildman–Crippen LogP) is 1.45. The van der Waals surface area contributed by atoms with E-state index < -0.39 is 0 Å². The Labute approximate surface area is 162 Å². The molecule has 2 aromatic heterocycles. The van der Waals surface area contributed by atoms with Crippen LogP contribution in [0, 0.1) is 0 Å². The zero-order valence-corrected chi connectivity index (χ0v) is 16.4. The molecular weight excluding hydrogens is 366 g/mol. The number of aromatic nitrogens is 4. The zero-order chi connectivity index (χ0) is 18.6. The van der Waals surface area contributed by atoms with E-state index in [1.54, 1.807) is 6.92 Å². The molecule has 4 rings (SSSR count). The molecule has 146 valence electrons. The summed E-state index contributed by atoms with van der Waals surface area (Å²) in [6.45, 7) is 5.07. The summed E-state index contributed by atoms with van der Waals surface area (Å²) < 4.78 is 4.85. The molecule has 2 aliphatic heterocycles. The Morgan fingerprint density at radius 1 is 1.15 bits per heavy atom. The summed E-state index contributed by atoms with van der Waals surface area (Å²) in [7, 11) is 0. The fraction of sp³-hybridized carbons (Fsp3) is 0.706. The molecule has 2 aromatic rings. The normalized spacial score (nSPS) is 20.9. The van der Waals surface area contributed by atoms with Gasteiger partial charge in [-0.1, -0.05) is 0 Å². The molecule has 9 nitrogen and oxygen atoms in total. The first-order valence-electron chi connectivity index (χ1n) is 9.56. The first-order valence-corrected chi connectivity index (χ1v) is 10.7. The molecule has 10 heteroatoms. The van der Waals surface area contributed by atoms with Crippen molar-refractivity contribution in [3.8, 4) is 0 Å². The Balaban J connectivity index is 1.65. The third kappa shape index (κ3) is 4.10. The van der Waals surface area contributed by atoms with E-state index in [1.165, 1.54) is 6.42 Å². The second-order valence-corrected chi connectivity index (χ2v) is 8.22. The highest BCUT2D eigenvalue weighted by Gasteiger charge is 2.29. The fourth-order valence-corrected chi connectivity index (χ4v) is 4.70. The summed E-state index contributed by atoms with van der Waals surface area (Å²) in [5.74, 6) is 3.94. The molecule has 1 amide bonds. The van der Waals surface area contributed by atoms with Gasteiger partial charge in [-0.05, 0) is 36.0 Å². The van der Waals surface area contributed by atoms with Crippen LogP contribution in [0.2, 0.25) is 0 Å². The Hall–Kier alpha value is -2.10. The molecule has 2 aliphatic rings. The van der Waals surface area contributed by atoms with Crippen LogP contribution < -0.4 is 15.1 Å². The number of amides is 1. The van der Waals surface area contributed by atoms with Gasteiger partial charge in [0.1, 0.15) is 0 Å². The largest absolute Gasteiger partial charge is 0.356 e. The van der Waals surface area contributed by atoms with Gasteiger partial charge in [0.25, 0.3) is 0 Å². The summed E-state index contributed by atoms with van der Waals surface area (Å²) in [5, 5.41) is 10.7. The summed E-state index contributed by atoms with van der Waals surface area (Å²) in [4.78, 5) is 25.4. The van der Waals surface area contributed by atoms with E-state index in [4.69, 9.17) is 14.6 Å². The van der Waals surface area contributed by atoms with E-state index in [0.717, 1.165) is 62.0 Å². The Morgan fingerprint density at radius 3 is 2.63 bits per heavy atom. The average molecular weight is 392 g/mol. The molecule has 1 N–H and O–H groups in total. The first kappa shape index (κ1) is 18.3. The lowest BCUT2D eigenvalue weighted by atomic mass is 9.99. The number of hydrogen-bond donors (Lipinski definition) is 1. The number of rotatable bonds is 5. The molecule has 0 saturated carbocycles. The van der Waals surface area contributed by atoms with Crippen molar-refractivity contribution in [2.45, 2.75) is 38.6 Å². The van der Waals surface area contributed by atoms with E-state index in [1.807, 2.05) is 11.8 Å². The highest BCUT2D eigenvalue weighted by Crippen LogP contribution is 2.33. The molecule has 0 radical (unpaired) electrons. The molecule has 0 spiro atoms. The molecule has 2 saturated heterocycles. The maximum atomic E-state index is 11.2. The van der Waals surface area contributed by atoms with E-state index in [-0.39, 0.29) is 5.91 Å². The lowest BCUT2D eigenvalue weighted by Gasteiger charge is -2.39. The predicted molar refractivity (Wildman–Crippen MR) is 105 cm³/mol. The van der Waals surface area contributed by atoms with E-state index >= 15 is 0 Å². The monoisotopic (exact) mass is 391 g/mol. The number of carbonyl (C=O) groups is 1. The topological polar surface area (TPSA) is 100 Å². The summed E-state index contributed by atoms with van der Waals surface area (Å²) in [6, 6.07) is 0.329. The van der Waals surface area contributed by atoms with Gasteiger partial charge in [0.2, 0.25) is 17.2 Å². The molecule has 2 fully saturated rings. The van der Waals surface area contributed by atoms with Crippen molar-refractivity contribution < 1.29 is 9.42 Å². The Bertz CT molecular complexity index is 793. The van der Waals surface area contributed by atoms with Crippen molar-refractivity contribution >= 4 is 40.6 Å². The first-order chi connectivity index (χ1) is 13.2. The van der Waals surface area contributed by atoms with Gasteiger partial charge >= 0.3 is 0 Å². The molecule has 0 aliphatic carbocycles. The van der Waals surface area contributed by atoms with Crippen LogP contribution in [0.15, 0.2) is 4.63 Å². The second kappa shape index (κ2) is 8.28. The lowest BCUT2D eigenvalue weighted by Crippen LogP contribution is -2.44. The summed E-state index contributed by atoms with van der Waals surface area (Å²) >= 11 is 1.96. The minimum Gasteiger partial charge on any atom is -0.356 e. The maximum Gasteiger partial charge on any atom is 0.245 e. The van der Waals surface area contributed by atoms with Crippen LogP contribution >= 0.6 is 11.8 Å². The highest BCUT2D eigenvalue weighted by molar-refractivity contribution is 7.99. The molecule has 1 unspecified atom stereocenters. The number of fused-ring (bicyclic) bond motifs is 1. The van der Waals surface area contributed by atoms with Crippen molar-refractivity contribution in [1.82, 2.24) is 25.6 Å².